The SMILES string of the molecule is OCc1ccc(C=CCCl)cc1F. The van der Waals surface area contributed by atoms with E-state index in [1.54, 1.807) is 24.3 Å². The minimum atomic E-state index is -0.390. The van der Waals surface area contributed by atoms with Crippen LogP contribution in [0.2, 0.25) is 0 Å². The van der Waals surface area contributed by atoms with Crippen LogP contribution in [0.3, 0.4) is 0 Å². The summed E-state index contributed by atoms with van der Waals surface area (Å²) in [4.78, 5) is 0. The number of aliphatic hydroxyl groups excluding tert-OH is 1. The zero-order chi connectivity index (χ0) is 9.68. The molecule has 1 aromatic rings. The number of alkyl halides is 1. The van der Waals surface area contributed by atoms with E-state index in [9.17, 15) is 4.39 Å². The molecule has 0 heterocycles. The Hall–Kier alpha value is -0.860. The van der Waals surface area contributed by atoms with Crippen LogP contribution in [0, 0.1) is 5.82 Å². The lowest BCUT2D eigenvalue weighted by atomic mass is 10.1. The number of aliphatic hydroxyl groups is 1. The molecule has 0 spiro atoms. The molecule has 1 aromatic carbocycles. The summed E-state index contributed by atoms with van der Waals surface area (Å²) >= 11 is 5.43. The second kappa shape index (κ2) is 5.00. The van der Waals surface area contributed by atoms with E-state index in [0.717, 1.165) is 5.56 Å². The van der Waals surface area contributed by atoms with Crippen molar-refractivity contribution in [3.63, 3.8) is 0 Å². The van der Waals surface area contributed by atoms with Gasteiger partial charge in [-0.25, -0.2) is 4.39 Å². The Morgan fingerprint density at radius 3 is 2.77 bits per heavy atom. The van der Waals surface area contributed by atoms with Crippen LogP contribution < -0.4 is 0 Å². The molecule has 0 saturated heterocycles. The van der Waals surface area contributed by atoms with Crippen LogP contribution in [0.15, 0.2) is 24.3 Å². The first-order valence-electron chi connectivity index (χ1n) is 3.89. The normalized spacial score (nSPS) is 11.0. The molecule has 3 heteroatoms. The molecule has 0 bridgehead atoms. The molecule has 0 amide bonds. The van der Waals surface area contributed by atoms with Crippen molar-refractivity contribution >= 4 is 17.7 Å². The summed E-state index contributed by atoms with van der Waals surface area (Å²) in [5, 5.41) is 8.71. The number of benzene rings is 1. The summed E-state index contributed by atoms with van der Waals surface area (Å²) in [5.41, 5.74) is 1.05. The van der Waals surface area contributed by atoms with Crippen LogP contribution >= 0.6 is 11.6 Å². The fraction of sp³-hybridized carbons (Fsp3) is 0.200. The van der Waals surface area contributed by atoms with Gasteiger partial charge in [0, 0.05) is 11.4 Å². The summed E-state index contributed by atoms with van der Waals surface area (Å²) in [6, 6.07) is 4.66. The lowest BCUT2D eigenvalue weighted by Crippen LogP contribution is -1.89. The second-order valence-electron chi connectivity index (χ2n) is 2.57. The maximum atomic E-state index is 13.1. The van der Waals surface area contributed by atoms with Crippen LogP contribution in [0.5, 0.6) is 0 Å². The molecule has 0 aromatic heterocycles. The van der Waals surface area contributed by atoms with E-state index >= 15 is 0 Å². The van der Waals surface area contributed by atoms with Crippen LogP contribution in [-0.2, 0) is 6.61 Å². The maximum Gasteiger partial charge on any atom is 0.129 e. The maximum absolute atomic E-state index is 13.1. The Morgan fingerprint density at radius 1 is 1.46 bits per heavy atom. The summed E-state index contributed by atoms with van der Waals surface area (Å²) < 4.78 is 13.1. The van der Waals surface area contributed by atoms with Gasteiger partial charge in [-0.15, -0.1) is 11.6 Å². The molecule has 0 fully saturated rings. The predicted molar refractivity (Wildman–Crippen MR) is 52.1 cm³/mol. The average molecular weight is 201 g/mol. The molecule has 0 unspecified atom stereocenters. The third-order valence-corrected chi connectivity index (χ3v) is 1.83. The highest BCUT2D eigenvalue weighted by Gasteiger charge is 1.99. The van der Waals surface area contributed by atoms with Gasteiger partial charge >= 0.3 is 0 Å². The van der Waals surface area contributed by atoms with E-state index in [0.29, 0.717) is 11.4 Å². The summed E-state index contributed by atoms with van der Waals surface area (Å²) in [7, 11) is 0. The molecule has 70 valence electrons. The molecule has 1 N–H and O–H groups in total. The van der Waals surface area contributed by atoms with E-state index in [4.69, 9.17) is 16.7 Å². The third-order valence-electron chi connectivity index (χ3n) is 1.65. The first-order chi connectivity index (χ1) is 6.27. The Bertz CT molecular complexity index is 310. The van der Waals surface area contributed by atoms with Crippen molar-refractivity contribution in [3.05, 3.63) is 41.2 Å². The molecule has 0 radical (unpaired) electrons. The topological polar surface area (TPSA) is 20.2 Å². The van der Waals surface area contributed by atoms with Crippen molar-refractivity contribution in [1.29, 1.82) is 0 Å². The standard InChI is InChI=1S/C10H10ClFO/c11-5-1-2-8-3-4-9(7-13)10(12)6-8/h1-4,6,13H,5,7H2. The second-order valence-corrected chi connectivity index (χ2v) is 2.87. The Labute approximate surface area is 81.5 Å². The smallest absolute Gasteiger partial charge is 0.129 e. The molecule has 1 rings (SSSR count). The van der Waals surface area contributed by atoms with E-state index in [1.165, 1.54) is 6.07 Å². The molecule has 0 saturated carbocycles. The Balaban J connectivity index is 2.89. The number of rotatable bonds is 3. The van der Waals surface area contributed by atoms with E-state index in [1.807, 2.05) is 0 Å². The molecule has 0 aliphatic rings. The van der Waals surface area contributed by atoms with Gasteiger partial charge < -0.3 is 5.11 Å². The molecule has 0 aliphatic carbocycles. The third kappa shape index (κ3) is 2.83. The minimum absolute atomic E-state index is 0.272. The van der Waals surface area contributed by atoms with Crippen molar-refractivity contribution in [2.75, 3.05) is 5.88 Å². The summed E-state index contributed by atoms with van der Waals surface area (Å²) in [6.45, 7) is -0.272. The highest BCUT2D eigenvalue weighted by atomic mass is 35.5. The molecule has 0 atom stereocenters. The van der Waals surface area contributed by atoms with Crippen LogP contribution in [0.25, 0.3) is 6.08 Å². The van der Waals surface area contributed by atoms with Gasteiger partial charge in [0.25, 0.3) is 0 Å². The highest BCUT2D eigenvalue weighted by molar-refractivity contribution is 6.19. The fourth-order valence-corrected chi connectivity index (χ4v) is 1.07. The predicted octanol–water partition coefficient (Wildman–Crippen LogP) is 2.57. The number of allylic oxidation sites excluding steroid dienone is 1. The average Bonchev–Trinajstić information content (AvgIpc) is 2.15. The van der Waals surface area contributed by atoms with Crippen LogP contribution in [0.1, 0.15) is 11.1 Å². The van der Waals surface area contributed by atoms with E-state index in [2.05, 4.69) is 0 Å². The van der Waals surface area contributed by atoms with Crippen LogP contribution in [-0.4, -0.2) is 11.0 Å². The quantitative estimate of drug-likeness (QED) is 0.744. The summed E-state index contributed by atoms with van der Waals surface area (Å²) in [6.07, 6.45) is 3.46. The monoisotopic (exact) mass is 200 g/mol. The highest BCUT2D eigenvalue weighted by Crippen LogP contribution is 2.11. The van der Waals surface area contributed by atoms with Gasteiger partial charge in [0.1, 0.15) is 5.82 Å². The van der Waals surface area contributed by atoms with Gasteiger partial charge in [0.15, 0.2) is 0 Å². The molecule has 13 heavy (non-hydrogen) atoms. The minimum Gasteiger partial charge on any atom is -0.392 e. The molecule has 0 aliphatic heterocycles. The molecule has 1 nitrogen and oxygen atoms in total. The van der Waals surface area contributed by atoms with Crippen molar-refractivity contribution < 1.29 is 9.50 Å². The van der Waals surface area contributed by atoms with E-state index in [-0.39, 0.29) is 12.4 Å². The lowest BCUT2D eigenvalue weighted by molar-refractivity contribution is 0.275. The van der Waals surface area contributed by atoms with Crippen molar-refractivity contribution in [3.8, 4) is 0 Å². The summed E-state index contributed by atoms with van der Waals surface area (Å²) in [5.74, 6) is 0.0165. The van der Waals surface area contributed by atoms with Gasteiger partial charge in [-0.2, -0.15) is 0 Å². The first kappa shape index (κ1) is 10.2. The fourth-order valence-electron chi connectivity index (χ4n) is 0.976. The number of halogens is 2. The van der Waals surface area contributed by atoms with E-state index < -0.39 is 0 Å². The zero-order valence-corrected chi connectivity index (χ0v) is 7.76. The zero-order valence-electron chi connectivity index (χ0n) is 7.00. The van der Waals surface area contributed by atoms with Gasteiger partial charge in [-0.3, -0.25) is 0 Å². The largest absolute Gasteiger partial charge is 0.392 e. The Morgan fingerprint density at radius 2 is 2.23 bits per heavy atom. The van der Waals surface area contributed by atoms with Gasteiger partial charge in [-0.1, -0.05) is 24.3 Å². The number of hydrogen-bond donors (Lipinski definition) is 1. The van der Waals surface area contributed by atoms with Gasteiger partial charge in [0.2, 0.25) is 0 Å². The Kier molecular flexibility index (Phi) is 3.93. The van der Waals surface area contributed by atoms with Gasteiger partial charge in [0.05, 0.1) is 6.61 Å². The molecular weight excluding hydrogens is 191 g/mol. The van der Waals surface area contributed by atoms with Crippen molar-refractivity contribution in [2.45, 2.75) is 6.61 Å². The van der Waals surface area contributed by atoms with Crippen molar-refractivity contribution in [2.24, 2.45) is 0 Å². The first-order valence-corrected chi connectivity index (χ1v) is 4.43. The van der Waals surface area contributed by atoms with Gasteiger partial charge in [-0.05, 0) is 11.6 Å². The lowest BCUT2D eigenvalue weighted by Gasteiger charge is -1.99. The van der Waals surface area contributed by atoms with Crippen molar-refractivity contribution in [1.82, 2.24) is 0 Å². The number of hydrogen-bond acceptors (Lipinski definition) is 1. The molecular formula is C10H10ClFO. The van der Waals surface area contributed by atoms with Crippen LogP contribution in [0.4, 0.5) is 4.39 Å².